The first-order valence-electron chi connectivity index (χ1n) is 3.65. The summed E-state index contributed by atoms with van der Waals surface area (Å²) in [4.78, 5) is 20.1. The van der Waals surface area contributed by atoms with Crippen molar-refractivity contribution >= 4 is 11.4 Å². The Morgan fingerprint density at radius 2 is 1.85 bits per heavy atom. The molecule has 1 aromatic carbocycles. The summed E-state index contributed by atoms with van der Waals surface area (Å²) in [5.74, 6) is 0. The largest absolute Gasteiger partial charge is 0.298 e. The summed E-state index contributed by atoms with van der Waals surface area (Å²) in [6, 6.07) is 2.77. The number of hydrogen-bond donors (Lipinski definition) is 0. The molecule has 0 aromatic heterocycles. The minimum absolute atomic E-state index is 0.117. The zero-order valence-electron chi connectivity index (χ0n) is 7.27. The van der Waals surface area contributed by atoms with E-state index in [1.807, 2.05) is 0 Å². The molecular formula is C8H8N2O3. The van der Waals surface area contributed by atoms with E-state index in [9.17, 15) is 15.0 Å². The minimum atomic E-state index is -0.608. The lowest BCUT2D eigenvalue weighted by atomic mass is 10.1. The van der Waals surface area contributed by atoms with E-state index in [1.165, 1.54) is 12.1 Å². The lowest BCUT2D eigenvalue weighted by molar-refractivity contribution is -0.384. The first-order chi connectivity index (χ1) is 6.06. The van der Waals surface area contributed by atoms with Crippen LogP contribution in [0.3, 0.4) is 0 Å². The molecule has 0 atom stereocenters. The van der Waals surface area contributed by atoms with Gasteiger partial charge in [0.25, 0.3) is 5.69 Å². The molecule has 0 N–H and O–H groups in total. The van der Waals surface area contributed by atoms with Crippen molar-refractivity contribution < 1.29 is 4.92 Å². The minimum Gasteiger partial charge on any atom is -0.258 e. The summed E-state index contributed by atoms with van der Waals surface area (Å²) in [7, 11) is 0. The molecule has 0 aliphatic heterocycles. The lowest BCUT2D eigenvalue weighted by Gasteiger charge is -2.00. The summed E-state index contributed by atoms with van der Waals surface area (Å²) in [6.45, 7) is 3.52. The Hall–Kier alpha value is -1.78. The number of nitro groups is 1. The monoisotopic (exact) mass is 180 g/mol. The van der Waals surface area contributed by atoms with E-state index in [0.717, 1.165) is 11.1 Å². The highest BCUT2D eigenvalue weighted by Gasteiger charge is 2.15. The van der Waals surface area contributed by atoms with E-state index < -0.39 is 4.92 Å². The maximum atomic E-state index is 10.5. The molecule has 0 heterocycles. The Balaban J connectivity index is 3.41. The summed E-state index contributed by atoms with van der Waals surface area (Å²) >= 11 is 0. The van der Waals surface area contributed by atoms with Gasteiger partial charge in [-0.1, -0.05) is 0 Å². The van der Waals surface area contributed by atoms with Crippen molar-refractivity contribution in [2.45, 2.75) is 13.8 Å². The summed E-state index contributed by atoms with van der Waals surface area (Å²) in [5, 5.41) is 13.1. The van der Waals surface area contributed by atoms with Crippen LogP contribution in [0.4, 0.5) is 11.4 Å². The van der Waals surface area contributed by atoms with Crippen LogP contribution in [-0.4, -0.2) is 4.92 Å². The van der Waals surface area contributed by atoms with Gasteiger partial charge in [-0.2, -0.15) is 0 Å². The molecule has 1 aromatic rings. The van der Waals surface area contributed by atoms with Crippen LogP contribution >= 0.6 is 0 Å². The average molecular weight is 180 g/mol. The first-order valence-corrected chi connectivity index (χ1v) is 3.65. The van der Waals surface area contributed by atoms with Crippen LogP contribution in [-0.2, 0) is 0 Å². The average Bonchev–Trinajstić information content (AvgIpc) is 2.08. The van der Waals surface area contributed by atoms with Crippen LogP contribution in [0.5, 0.6) is 0 Å². The van der Waals surface area contributed by atoms with Gasteiger partial charge in [0.2, 0.25) is 0 Å². The fourth-order valence-corrected chi connectivity index (χ4v) is 1.01. The number of rotatable bonds is 2. The molecular weight excluding hydrogens is 172 g/mol. The molecule has 0 bridgehead atoms. The van der Waals surface area contributed by atoms with Gasteiger partial charge in [0, 0.05) is 6.07 Å². The van der Waals surface area contributed by atoms with E-state index in [1.54, 1.807) is 13.8 Å². The van der Waals surface area contributed by atoms with Crippen molar-refractivity contribution in [2.24, 2.45) is 5.18 Å². The molecule has 0 saturated carbocycles. The van der Waals surface area contributed by atoms with Crippen LogP contribution in [0.2, 0.25) is 0 Å². The highest BCUT2D eigenvalue weighted by molar-refractivity contribution is 5.60. The van der Waals surface area contributed by atoms with Crippen LogP contribution in [0.15, 0.2) is 17.3 Å². The lowest BCUT2D eigenvalue weighted by Crippen LogP contribution is -1.91. The molecule has 0 aliphatic carbocycles. The third-order valence-corrected chi connectivity index (χ3v) is 1.89. The Bertz CT molecular complexity index is 374. The molecule has 0 spiro atoms. The number of aryl methyl sites for hydroxylation is 2. The number of nitroso groups, excluding NO2 is 1. The fraction of sp³-hybridized carbons (Fsp3) is 0.250. The van der Waals surface area contributed by atoms with Crippen LogP contribution in [0, 0.1) is 28.9 Å². The molecule has 0 radical (unpaired) electrons. The first kappa shape index (κ1) is 9.31. The van der Waals surface area contributed by atoms with Gasteiger partial charge in [-0.05, 0) is 36.2 Å². The van der Waals surface area contributed by atoms with Gasteiger partial charge >= 0.3 is 0 Å². The second-order valence-electron chi connectivity index (χ2n) is 2.77. The molecule has 0 fully saturated rings. The normalized spacial score (nSPS) is 9.69. The van der Waals surface area contributed by atoms with Gasteiger partial charge in [-0.15, -0.1) is 4.91 Å². The molecule has 68 valence electrons. The highest BCUT2D eigenvalue weighted by Crippen LogP contribution is 2.29. The maximum Gasteiger partial charge on any atom is 0.298 e. The zero-order valence-corrected chi connectivity index (χ0v) is 7.27. The summed E-state index contributed by atoms with van der Waals surface area (Å²) in [5.41, 5.74) is 1.24. The zero-order chi connectivity index (χ0) is 10.0. The molecule has 5 nitrogen and oxygen atoms in total. The molecule has 0 unspecified atom stereocenters. The topological polar surface area (TPSA) is 72.6 Å². The third kappa shape index (κ3) is 1.69. The van der Waals surface area contributed by atoms with Crippen LogP contribution in [0.25, 0.3) is 0 Å². The van der Waals surface area contributed by atoms with Crippen molar-refractivity contribution in [2.75, 3.05) is 0 Å². The summed E-state index contributed by atoms with van der Waals surface area (Å²) < 4.78 is 0. The molecule has 13 heavy (non-hydrogen) atoms. The van der Waals surface area contributed by atoms with E-state index in [4.69, 9.17) is 0 Å². The SMILES string of the molecule is Cc1cc(N=O)c([N+](=O)[O-])cc1C. The number of hydrogen-bond acceptors (Lipinski definition) is 4. The second kappa shape index (κ2) is 3.30. The van der Waals surface area contributed by atoms with Gasteiger partial charge in [-0.25, -0.2) is 0 Å². The molecule has 0 amide bonds. The molecule has 1 rings (SSSR count). The fourth-order valence-electron chi connectivity index (χ4n) is 1.01. The van der Waals surface area contributed by atoms with Crippen molar-refractivity contribution in [1.29, 1.82) is 0 Å². The van der Waals surface area contributed by atoms with E-state index >= 15 is 0 Å². The number of benzene rings is 1. The van der Waals surface area contributed by atoms with Crippen molar-refractivity contribution in [3.63, 3.8) is 0 Å². The van der Waals surface area contributed by atoms with E-state index in [-0.39, 0.29) is 11.4 Å². The van der Waals surface area contributed by atoms with Gasteiger partial charge < -0.3 is 0 Å². The van der Waals surface area contributed by atoms with E-state index in [0.29, 0.717) is 0 Å². The quantitative estimate of drug-likeness (QED) is 0.399. The highest BCUT2D eigenvalue weighted by atomic mass is 16.6. The summed E-state index contributed by atoms with van der Waals surface area (Å²) in [6.07, 6.45) is 0. The number of nitro benzene ring substituents is 1. The van der Waals surface area contributed by atoms with Crippen LogP contribution in [0.1, 0.15) is 11.1 Å². The molecule has 0 saturated heterocycles. The Labute approximate surface area is 74.5 Å². The predicted molar refractivity (Wildman–Crippen MR) is 48.0 cm³/mol. The van der Waals surface area contributed by atoms with Crippen molar-refractivity contribution in [3.05, 3.63) is 38.3 Å². The maximum absolute atomic E-state index is 10.5. The smallest absolute Gasteiger partial charge is 0.258 e. The van der Waals surface area contributed by atoms with E-state index in [2.05, 4.69) is 5.18 Å². The van der Waals surface area contributed by atoms with Gasteiger partial charge in [0.1, 0.15) is 0 Å². The van der Waals surface area contributed by atoms with Crippen molar-refractivity contribution in [3.8, 4) is 0 Å². The third-order valence-electron chi connectivity index (χ3n) is 1.89. The standard InChI is InChI=1S/C8H8N2O3/c1-5-3-7(9-11)8(10(12)13)4-6(5)2/h3-4H,1-2H3. The number of nitrogens with zero attached hydrogens (tertiary/aromatic N) is 2. The Morgan fingerprint density at radius 1 is 1.31 bits per heavy atom. The van der Waals surface area contributed by atoms with Gasteiger partial charge in [0.15, 0.2) is 5.69 Å². The Morgan fingerprint density at radius 3 is 2.31 bits per heavy atom. The van der Waals surface area contributed by atoms with Crippen LogP contribution < -0.4 is 0 Å². The van der Waals surface area contributed by atoms with Crippen molar-refractivity contribution in [1.82, 2.24) is 0 Å². The second-order valence-corrected chi connectivity index (χ2v) is 2.77. The predicted octanol–water partition coefficient (Wildman–Crippen LogP) is 2.61. The molecule has 0 aliphatic rings. The van der Waals surface area contributed by atoms with Gasteiger partial charge in [-0.3, -0.25) is 10.1 Å². The molecule has 5 heteroatoms. The van der Waals surface area contributed by atoms with Gasteiger partial charge in [0.05, 0.1) is 4.92 Å². The Kier molecular flexibility index (Phi) is 2.36.